The summed E-state index contributed by atoms with van der Waals surface area (Å²) >= 11 is 17.9. The van der Waals surface area contributed by atoms with Gasteiger partial charge in [0.25, 0.3) is 0 Å². The van der Waals surface area contributed by atoms with Gasteiger partial charge in [-0.1, -0.05) is 72.1 Å². The number of alkyl halides is 3. The average molecular weight is 360 g/mol. The minimum atomic E-state index is -1.66. The van der Waals surface area contributed by atoms with E-state index in [1.54, 1.807) is 0 Å². The number of carbonyl (C=O) groups is 1. The number of carbonyl (C=O) groups excluding carboxylic acids is 1. The molecule has 0 saturated heterocycles. The van der Waals surface area contributed by atoms with Gasteiger partial charge in [-0.05, 0) is 29.3 Å². The van der Waals surface area contributed by atoms with Crippen molar-refractivity contribution in [3.05, 3.63) is 42.5 Å². The van der Waals surface area contributed by atoms with Crippen molar-refractivity contribution in [2.24, 2.45) is 0 Å². The molecule has 1 amide bonds. The smallest absolute Gasteiger partial charge is 0.228 e. The lowest BCUT2D eigenvalue weighted by Crippen LogP contribution is -2.49. The monoisotopic (exact) mass is 358 g/mol. The Hall–Kier alpha value is -1.16. The zero-order valence-corrected chi connectivity index (χ0v) is 14.3. The number of amides is 1. The fourth-order valence-corrected chi connectivity index (χ4v) is 2.43. The summed E-state index contributed by atoms with van der Waals surface area (Å²) in [6, 6.07) is 13.8. The zero-order valence-electron chi connectivity index (χ0n) is 12.1. The predicted molar refractivity (Wildman–Crippen MR) is 94.7 cm³/mol. The number of benzene rings is 2. The highest BCUT2D eigenvalue weighted by molar-refractivity contribution is 6.68. The van der Waals surface area contributed by atoms with E-state index in [1.807, 2.05) is 49.4 Å². The number of halogens is 3. The summed E-state index contributed by atoms with van der Waals surface area (Å²) in [6.07, 6.45) is 0.308. The van der Waals surface area contributed by atoms with Gasteiger partial charge in [-0.25, -0.2) is 0 Å². The third kappa shape index (κ3) is 4.67. The van der Waals surface area contributed by atoms with Crippen molar-refractivity contribution in [3.8, 4) is 0 Å². The average Bonchev–Trinajstić information content (AvgIpc) is 2.46. The highest BCUT2D eigenvalue weighted by Gasteiger charge is 2.33. The van der Waals surface area contributed by atoms with Gasteiger partial charge in [0, 0.05) is 12.1 Å². The molecule has 0 aliphatic carbocycles. The van der Waals surface area contributed by atoms with E-state index in [1.165, 1.54) is 0 Å². The normalized spacial score (nSPS) is 12.9. The van der Waals surface area contributed by atoms with Crippen LogP contribution in [0, 0.1) is 0 Å². The summed E-state index contributed by atoms with van der Waals surface area (Å²) in [6.45, 7) is 1.92. The van der Waals surface area contributed by atoms with Crippen LogP contribution < -0.4 is 10.6 Å². The van der Waals surface area contributed by atoms with Gasteiger partial charge < -0.3 is 10.6 Å². The molecule has 0 aliphatic rings. The Bertz CT molecular complexity index is 655. The molecule has 2 aromatic carbocycles. The summed E-state index contributed by atoms with van der Waals surface area (Å²) in [5, 5.41) is 7.97. The second kappa shape index (κ2) is 7.40. The standard InChI is InChI=1S/C16H17Cl3N2O/c1-2-5-14(22)21-15(16(17,18)19)20-13-9-8-11-6-3-4-7-12(11)10-13/h3-4,6-10,15,20H,2,5H2,1H3,(H,21,22). The van der Waals surface area contributed by atoms with E-state index in [4.69, 9.17) is 34.8 Å². The number of nitrogens with one attached hydrogen (secondary N) is 2. The first kappa shape index (κ1) is 17.2. The van der Waals surface area contributed by atoms with Crippen LogP contribution in [0.4, 0.5) is 5.69 Å². The summed E-state index contributed by atoms with van der Waals surface area (Å²) in [5.74, 6) is -0.160. The first-order valence-electron chi connectivity index (χ1n) is 7.01. The van der Waals surface area contributed by atoms with Crippen LogP contribution in [0.5, 0.6) is 0 Å². The molecule has 0 aliphatic heterocycles. The maximum atomic E-state index is 11.8. The Kier molecular flexibility index (Phi) is 5.79. The molecule has 0 heterocycles. The van der Waals surface area contributed by atoms with Gasteiger partial charge in [-0.3, -0.25) is 4.79 Å². The number of fused-ring (bicyclic) bond motifs is 1. The van der Waals surface area contributed by atoms with Gasteiger partial charge in [0.15, 0.2) is 0 Å². The molecule has 0 fully saturated rings. The highest BCUT2D eigenvalue weighted by Crippen LogP contribution is 2.31. The molecular weight excluding hydrogens is 343 g/mol. The van der Waals surface area contributed by atoms with Crippen molar-refractivity contribution < 1.29 is 4.79 Å². The number of hydrogen-bond acceptors (Lipinski definition) is 2. The SMILES string of the molecule is CCCC(=O)NC(Nc1ccc2ccccc2c1)C(Cl)(Cl)Cl. The van der Waals surface area contributed by atoms with Crippen LogP contribution in [-0.4, -0.2) is 15.9 Å². The van der Waals surface area contributed by atoms with Gasteiger partial charge >= 0.3 is 0 Å². The van der Waals surface area contributed by atoms with Crippen molar-refractivity contribution >= 4 is 57.2 Å². The lowest BCUT2D eigenvalue weighted by Gasteiger charge is -2.27. The molecular formula is C16H17Cl3N2O. The van der Waals surface area contributed by atoms with Crippen molar-refractivity contribution in [1.29, 1.82) is 0 Å². The van der Waals surface area contributed by atoms with Crippen LogP contribution in [0.3, 0.4) is 0 Å². The molecule has 0 spiro atoms. The van der Waals surface area contributed by atoms with Crippen LogP contribution in [-0.2, 0) is 4.79 Å². The summed E-state index contributed by atoms with van der Waals surface area (Å²) in [4.78, 5) is 11.8. The van der Waals surface area contributed by atoms with Gasteiger partial charge in [0.1, 0.15) is 6.17 Å². The Morgan fingerprint density at radius 2 is 1.82 bits per heavy atom. The van der Waals surface area contributed by atoms with Gasteiger partial charge in [0.05, 0.1) is 0 Å². The van der Waals surface area contributed by atoms with Crippen LogP contribution in [0.25, 0.3) is 10.8 Å². The van der Waals surface area contributed by atoms with Gasteiger partial charge in [-0.2, -0.15) is 0 Å². The summed E-state index contributed by atoms with van der Waals surface area (Å²) < 4.78 is -1.66. The molecule has 0 radical (unpaired) electrons. The van der Waals surface area contributed by atoms with Crippen LogP contribution in [0.15, 0.2) is 42.5 Å². The molecule has 2 rings (SSSR count). The predicted octanol–water partition coefficient (Wildman–Crippen LogP) is 4.86. The van der Waals surface area contributed by atoms with E-state index in [-0.39, 0.29) is 5.91 Å². The Morgan fingerprint density at radius 3 is 2.45 bits per heavy atom. The van der Waals surface area contributed by atoms with E-state index in [2.05, 4.69) is 10.6 Å². The Morgan fingerprint density at radius 1 is 1.14 bits per heavy atom. The molecule has 0 bridgehead atoms. The van der Waals surface area contributed by atoms with Crippen molar-refractivity contribution in [1.82, 2.24) is 5.32 Å². The topological polar surface area (TPSA) is 41.1 Å². The third-order valence-electron chi connectivity index (χ3n) is 3.17. The minimum absolute atomic E-state index is 0.160. The second-order valence-corrected chi connectivity index (χ2v) is 7.37. The zero-order chi connectivity index (χ0) is 16.2. The first-order chi connectivity index (χ1) is 10.4. The van der Waals surface area contributed by atoms with Gasteiger partial charge in [0.2, 0.25) is 9.70 Å². The molecule has 1 unspecified atom stereocenters. The molecule has 0 aromatic heterocycles. The molecule has 0 saturated carbocycles. The number of hydrogen-bond donors (Lipinski definition) is 2. The van der Waals surface area contributed by atoms with Crippen LogP contribution in [0.2, 0.25) is 0 Å². The van der Waals surface area contributed by atoms with Crippen LogP contribution >= 0.6 is 34.8 Å². The van der Waals surface area contributed by atoms with Crippen molar-refractivity contribution in [2.75, 3.05) is 5.32 Å². The molecule has 2 aromatic rings. The van der Waals surface area contributed by atoms with Crippen molar-refractivity contribution in [3.63, 3.8) is 0 Å². The lowest BCUT2D eigenvalue weighted by atomic mass is 10.1. The summed E-state index contributed by atoms with van der Waals surface area (Å²) in [7, 11) is 0. The van der Waals surface area contributed by atoms with E-state index in [9.17, 15) is 4.79 Å². The Balaban J connectivity index is 2.19. The highest BCUT2D eigenvalue weighted by atomic mass is 35.6. The number of rotatable bonds is 5. The van der Waals surface area contributed by atoms with E-state index < -0.39 is 9.96 Å². The maximum absolute atomic E-state index is 11.8. The molecule has 118 valence electrons. The van der Waals surface area contributed by atoms with E-state index in [0.717, 1.165) is 22.9 Å². The molecule has 6 heteroatoms. The molecule has 3 nitrogen and oxygen atoms in total. The van der Waals surface area contributed by atoms with E-state index >= 15 is 0 Å². The summed E-state index contributed by atoms with van der Waals surface area (Å²) in [5.41, 5.74) is 0.770. The molecule has 22 heavy (non-hydrogen) atoms. The van der Waals surface area contributed by atoms with Crippen molar-refractivity contribution in [2.45, 2.75) is 29.7 Å². The molecule has 2 N–H and O–H groups in total. The fraction of sp³-hybridized carbons (Fsp3) is 0.312. The van der Waals surface area contributed by atoms with E-state index in [0.29, 0.717) is 6.42 Å². The van der Waals surface area contributed by atoms with Gasteiger partial charge in [-0.15, -0.1) is 0 Å². The second-order valence-electron chi connectivity index (χ2n) is 5.00. The molecule has 1 atom stereocenters. The quantitative estimate of drug-likeness (QED) is 0.591. The first-order valence-corrected chi connectivity index (χ1v) is 8.15. The lowest BCUT2D eigenvalue weighted by molar-refractivity contribution is -0.121. The number of anilines is 1. The Labute approximate surface area is 144 Å². The third-order valence-corrected chi connectivity index (χ3v) is 3.82. The fourth-order valence-electron chi connectivity index (χ4n) is 2.11. The largest absolute Gasteiger partial charge is 0.362 e. The van der Waals surface area contributed by atoms with Crippen LogP contribution in [0.1, 0.15) is 19.8 Å². The minimum Gasteiger partial charge on any atom is -0.362 e. The maximum Gasteiger partial charge on any atom is 0.228 e.